The number of aromatic nitrogens is 2. The average molecular weight is 183 g/mol. The van der Waals surface area contributed by atoms with Gasteiger partial charge in [-0.1, -0.05) is 0 Å². The molecule has 0 aromatic carbocycles. The normalized spacial score (nSPS) is 9.71. The fourth-order valence-corrected chi connectivity index (χ4v) is 1.43. The summed E-state index contributed by atoms with van der Waals surface area (Å²) in [5, 5.41) is 8.91. The summed E-state index contributed by atoms with van der Waals surface area (Å²) in [6.45, 7) is 0. The minimum atomic E-state index is 0.693. The summed E-state index contributed by atoms with van der Waals surface area (Å²) < 4.78 is 1.88. The van der Waals surface area contributed by atoms with Gasteiger partial charge >= 0.3 is 0 Å². The minimum Gasteiger partial charge on any atom is -0.355 e. The summed E-state index contributed by atoms with van der Waals surface area (Å²) in [7, 11) is 1.91. The summed E-state index contributed by atoms with van der Waals surface area (Å²) in [5.41, 5.74) is 2.67. The molecule has 2 rings (SSSR count). The van der Waals surface area contributed by atoms with Crippen LogP contribution < -0.4 is 0 Å². The van der Waals surface area contributed by atoms with E-state index in [1.165, 1.54) is 0 Å². The maximum absolute atomic E-state index is 8.91. The van der Waals surface area contributed by atoms with Crippen LogP contribution in [0.2, 0.25) is 0 Å². The van der Waals surface area contributed by atoms with E-state index in [2.05, 4.69) is 11.1 Å². The largest absolute Gasteiger partial charge is 0.355 e. The van der Waals surface area contributed by atoms with Gasteiger partial charge in [0.05, 0.1) is 5.56 Å². The van der Waals surface area contributed by atoms with E-state index in [4.69, 9.17) is 5.26 Å². The lowest BCUT2D eigenvalue weighted by Crippen LogP contribution is -1.79. The Hall–Kier alpha value is -2.08. The van der Waals surface area contributed by atoms with E-state index in [-0.39, 0.29) is 0 Å². The molecule has 2 heterocycles. The van der Waals surface area contributed by atoms with Gasteiger partial charge in [0.15, 0.2) is 0 Å². The zero-order valence-corrected chi connectivity index (χ0v) is 7.81. The first-order valence-electron chi connectivity index (χ1n) is 4.27. The lowest BCUT2D eigenvalue weighted by molar-refractivity contribution is 0.927. The molecule has 0 unspecified atom stereocenters. The standard InChI is InChI=1S/C11H9N3/c1-14-7-10(6-12)11(8-14)9-2-4-13-5-3-9/h2-5,7-8H,1H3. The lowest BCUT2D eigenvalue weighted by Gasteiger charge is -1.96. The monoisotopic (exact) mass is 183 g/mol. The van der Waals surface area contributed by atoms with Crippen LogP contribution in [-0.2, 0) is 7.05 Å². The highest BCUT2D eigenvalue weighted by Gasteiger charge is 2.06. The molecule has 3 heteroatoms. The van der Waals surface area contributed by atoms with Crippen LogP contribution in [-0.4, -0.2) is 9.55 Å². The Morgan fingerprint density at radius 2 is 2.00 bits per heavy atom. The molecule has 0 spiro atoms. The molecule has 0 saturated carbocycles. The average Bonchev–Trinajstić information content (AvgIpc) is 2.61. The Kier molecular flexibility index (Phi) is 2.04. The number of pyridine rings is 1. The second-order valence-electron chi connectivity index (χ2n) is 3.10. The Morgan fingerprint density at radius 1 is 1.29 bits per heavy atom. The highest BCUT2D eigenvalue weighted by Crippen LogP contribution is 2.22. The predicted octanol–water partition coefficient (Wildman–Crippen LogP) is 1.96. The van der Waals surface area contributed by atoms with Gasteiger partial charge in [-0.2, -0.15) is 5.26 Å². The smallest absolute Gasteiger partial charge is 0.101 e. The summed E-state index contributed by atoms with van der Waals surface area (Å²) in [5.74, 6) is 0. The van der Waals surface area contributed by atoms with Crippen LogP contribution >= 0.6 is 0 Å². The third-order valence-electron chi connectivity index (χ3n) is 2.07. The van der Waals surface area contributed by atoms with Gasteiger partial charge in [0.25, 0.3) is 0 Å². The quantitative estimate of drug-likeness (QED) is 0.678. The number of nitriles is 1. The van der Waals surface area contributed by atoms with Crippen molar-refractivity contribution >= 4 is 0 Å². The van der Waals surface area contributed by atoms with Crippen LogP contribution in [0.25, 0.3) is 11.1 Å². The zero-order chi connectivity index (χ0) is 9.97. The highest BCUT2D eigenvalue weighted by molar-refractivity contribution is 5.69. The summed E-state index contributed by atoms with van der Waals surface area (Å²) in [4.78, 5) is 3.94. The van der Waals surface area contributed by atoms with Crippen molar-refractivity contribution in [1.82, 2.24) is 9.55 Å². The molecule has 0 radical (unpaired) electrons. The van der Waals surface area contributed by atoms with Gasteiger partial charge in [0.2, 0.25) is 0 Å². The van der Waals surface area contributed by atoms with Crippen LogP contribution in [0.4, 0.5) is 0 Å². The SMILES string of the molecule is Cn1cc(C#N)c(-c2ccncc2)c1. The first kappa shape index (κ1) is 8.52. The maximum atomic E-state index is 8.91. The molecule has 2 aromatic rings. The van der Waals surface area contributed by atoms with E-state index in [9.17, 15) is 0 Å². The van der Waals surface area contributed by atoms with E-state index in [0.717, 1.165) is 11.1 Å². The van der Waals surface area contributed by atoms with E-state index < -0.39 is 0 Å². The molecule has 0 saturated heterocycles. The van der Waals surface area contributed by atoms with Crippen molar-refractivity contribution in [3.63, 3.8) is 0 Å². The van der Waals surface area contributed by atoms with Crippen molar-refractivity contribution in [2.24, 2.45) is 7.05 Å². The fourth-order valence-electron chi connectivity index (χ4n) is 1.43. The second-order valence-corrected chi connectivity index (χ2v) is 3.10. The Bertz CT molecular complexity index is 477. The molecule has 0 aliphatic carbocycles. The molecule has 0 aliphatic heterocycles. The summed E-state index contributed by atoms with van der Waals surface area (Å²) in [6.07, 6.45) is 7.20. The zero-order valence-electron chi connectivity index (χ0n) is 7.81. The van der Waals surface area contributed by atoms with E-state index in [1.807, 2.05) is 36.1 Å². The molecule has 68 valence electrons. The van der Waals surface area contributed by atoms with Crippen molar-refractivity contribution in [3.8, 4) is 17.2 Å². The van der Waals surface area contributed by atoms with Gasteiger partial charge in [0.1, 0.15) is 6.07 Å². The number of rotatable bonds is 1. The molecule has 0 aliphatic rings. The van der Waals surface area contributed by atoms with E-state index >= 15 is 0 Å². The van der Waals surface area contributed by atoms with Gasteiger partial charge in [-0.25, -0.2) is 0 Å². The number of hydrogen-bond donors (Lipinski definition) is 0. The van der Waals surface area contributed by atoms with Crippen LogP contribution in [0.5, 0.6) is 0 Å². The Balaban J connectivity index is 2.58. The van der Waals surface area contributed by atoms with Gasteiger partial charge in [0, 0.05) is 37.4 Å². The topological polar surface area (TPSA) is 41.6 Å². The molecule has 0 fully saturated rings. The van der Waals surface area contributed by atoms with Crippen molar-refractivity contribution in [1.29, 1.82) is 5.26 Å². The lowest BCUT2D eigenvalue weighted by atomic mass is 10.1. The first-order valence-corrected chi connectivity index (χ1v) is 4.27. The van der Waals surface area contributed by atoms with Crippen LogP contribution in [0, 0.1) is 11.3 Å². The van der Waals surface area contributed by atoms with E-state index in [0.29, 0.717) is 5.56 Å². The summed E-state index contributed by atoms with van der Waals surface area (Å²) in [6, 6.07) is 5.97. The Morgan fingerprint density at radius 3 is 2.64 bits per heavy atom. The molecule has 3 nitrogen and oxygen atoms in total. The first-order chi connectivity index (χ1) is 6.81. The van der Waals surface area contributed by atoms with Crippen LogP contribution in [0.15, 0.2) is 36.9 Å². The van der Waals surface area contributed by atoms with Crippen LogP contribution in [0.1, 0.15) is 5.56 Å². The fraction of sp³-hybridized carbons (Fsp3) is 0.0909. The van der Waals surface area contributed by atoms with E-state index in [1.54, 1.807) is 12.4 Å². The molecule has 0 bridgehead atoms. The van der Waals surface area contributed by atoms with Crippen LogP contribution in [0.3, 0.4) is 0 Å². The third kappa shape index (κ3) is 1.38. The van der Waals surface area contributed by atoms with Crippen molar-refractivity contribution in [2.75, 3.05) is 0 Å². The van der Waals surface area contributed by atoms with Gasteiger partial charge in [-0.3, -0.25) is 4.98 Å². The van der Waals surface area contributed by atoms with Crippen molar-refractivity contribution in [3.05, 3.63) is 42.5 Å². The number of nitrogens with zero attached hydrogens (tertiary/aromatic N) is 3. The molecule has 0 amide bonds. The highest BCUT2D eigenvalue weighted by atomic mass is 14.9. The number of hydrogen-bond acceptors (Lipinski definition) is 2. The van der Waals surface area contributed by atoms with Gasteiger partial charge in [-0.15, -0.1) is 0 Å². The Labute approximate surface area is 82.2 Å². The minimum absolute atomic E-state index is 0.693. The molecule has 0 atom stereocenters. The third-order valence-corrected chi connectivity index (χ3v) is 2.07. The molecule has 0 N–H and O–H groups in total. The van der Waals surface area contributed by atoms with Gasteiger partial charge in [-0.05, 0) is 17.7 Å². The second kappa shape index (κ2) is 3.35. The van der Waals surface area contributed by atoms with Crippen molar-refractivity contribution in [2.45, 2.75) is 0 Å². The molecule has 14 heavy (non-hydrogen) atoms. The number of aryl methyl sites for hydroxylation is 1. The summed E-state index contributed by atoms with van der Waals surface area (Å²) >= 11 is 0. The predicted molar refractivity (Wildman–Crippen MR) is 53.4 cm³/mol. The maximum Gasteiger partial charge on any atom is 0.101 e. The van der Waals surface area contributed by atoms with Crippen molar-refractivity contribution < 1.29 is 0 Å². The molecular formula is C11H9N3. The van der Waals surface area contributed by atoms with Gasteiger partial charge < -0.3 is 4.57 Å². The molecule has 2 aromatic heterocycles. The molecular weight excluding hydrogens is 174 g/mol.